The summed E-state index contributed by atoms with van der Waals surface area (Å²) in [4.78, 5) is 28.0. The Morgan fingerprint density at radius 1 is 1.07 bits per heavy atom. The zero-order valence-corrected chi connectivity index (χ0v) is 15.7. The summed E-state index contributed by atoms with van der Waals surface area (Å²) in [6.45, 7) is 0.134. The summed E-state index contributed by atoms with van der Waals surface area (Å²) in [7, 11) is 0. The van der Waals surface area contributed by atoms with Crippen LogP contribution < -0.4 is 5.43 Å². The van der Waals surface area contributed by atoms with Crippen molar-refractivity contribution in [1.29, 1.82) is 0 Å². The van der Waals surface area contributed by atoms with Crippen LogP contribution in [-0.4, -0.2) is 10.8 Å². The highest BCUT2D eigenvalue weighted by molar-refractivity contribution is 6.31. The molecule has 1 aliphatic rings. The minimum absolute atomic E-state index is 0.0225. The van der Waals surface area contributed by atoms with Crippen LogP contribution in [0.25, 0.3) is 11.0 Å². The Morgan fingerprint density at radius 3 is 2.59 bits per heavy atom. The summed E-state index contributed by atoms with van der Waals surface area (Å²) in [5.41, 5.74) is 0.749. The monoisotopic (exact) mass is 409 g/mol. The molecular weight excluding hydrogens is 397 g/mol. The van der Waals surface area contributed by atoms with E-state index in [1.807, 2.05) is 0 Å². The van der Waals surface area contributed by atoms with Gasteiger partial charge in [0, 0.05) is 5.02 Å². The van der Waals surface area contributed by atoms with E-state index in [2.05, 4.69) is 0 Å². The summed E-state index contributed by atoms with van der Waals surface area (Å²) >= 11 is 6.05. The normalized spacial score (nSPS) is 15.9. The van der Waals surface area contributed by atoms with Gasteiger partial charge < -0.3 is 13.7 Å². The van der Waals surface area contributed by atoms with Crippen molar-refractivity contribution in [3.63, 3.8) is 0 Å². The third-order valence-corrected chi connectivity index (χ3v) is 5.25. The van der Waals surface area contributed by atoms with E-state index in [4.69, 9.17) is 20.4 Å². The number of fused-ring (bicyclic) bond motifs is 2. The first kappa shape index (κ1) is 17.7. The zero-order valence-electron chi connectivity index (χ0n) is 14.9. The lowest BCUT2D eigenvalue weighted by Crippen LogP contribution is -2.29. The highest BCUT2D eigenvalue weighted by atomic mass is 35.5. The van der Waals surface area contributed by atoms with Crippen LogP contribution in [0.2, 0.25) is 5.02 Å². The lowest BCUT2D eigenvalue weighted by Gasteiger charge is -2.24. The van der Waals surface area contributed by atoms with Gasteiger partial charge in [0.1, 0.15) is 17.2 Å². The summed E-state index contributed by atoms with van der Waals surface area (Å²) < 4.78 is 24.7. The van der Waals surface area contributed by atoms with E-state index < -0.39 is 17.8 Å². The summed E-state index contributed by atoms with van der Waals surface area (Å²) in [6, 6.07) is 13.1. The number of nitrogens with zero attached hydrogens (tertiary/aromatic N) is 1. The van der Waals surface area contributed by atoms with Crippen molar-refractivity contribution in [2.75, 3.05) is 0 Å². The lowest BCUT2D eigenvalue weighted by atomic mass is 9.98. The van der Waals surface area contributed by atoms with Gasteiger partial charge >= 0.3 is 0 Å². The van der Waals surface area contributed by atoms with Gasteiger partial charge in [-0.25, -0.2) is 4.39 Å². The number of hydrogen-bond donors (Lipinski definition) is 0. The number of amides is 1. The maximum absolute atomic E-state index is 13.5. The van der Waals surface area contributed by atoms with E-state index >= 15 is 0 Å². The van der Waals surface area contributed by atoms with Gasteiger partial charge in [0.25, 0.3) is 5.91 Å². The van der Waals surface area contributed by atoms with Gasteiger partial charge in [-0.3, -0.25) is 9.59 Å². The minimum atomic E-state index is -0.733. The third kappa shape index (κ3) is 2.84. The molecule has 5 nitrogen and oxygen atoms in total. The van der Waals surface area contributed by atoms with Crippen LogP contribution in [0.5, 0.6) is 0 Å². The molecule has 0 unspecified atom stereocenters. The molecule has 7 heteroatoms. The number of hydrogen-bond acceptors (Lipinski definition) is 4. The maximum atomic E-state index is 13.5. The summed E-state index contributed by atoms with van der Waals surface area (Å²) in [6.07, 6.45) is 1.51. The van der Waals surface area contributed by atoms with Crippen molar-refractivity contribution in [2.45, 2.75) is 12.6 Å². The number of rotatable bonds is 3. The molecule has 144 valence electrons. The highest BCUT2D eigenvalue weighted by Crippen LogP contribution is 2.39. The molecule has 0 radical (unpaired) electrons. The number of carbonyl (C=O) groups excluding carboxylic acids is 1. The Labute approximate surface area is 168 Å². The number of benzene rings is 2. The average molecular weight is 410 g/mol. The van der Waals surface area contributed by atoms with Gasteiger partial charge in [-0.15, -0.1) is 0 Å². The first-order valence-corrected chi connectivity index (χ1v) is 9.26. The fourth-order valence-electron chi connectivity index (χ4n) is 3.72. The van der Waals surface area contributed by atoms with Crippen LogP contribution in [0, 0.1) is 5.82 Å². The predicted octanol–water partition coefficient (Wildman–Crippen LogP) is 4.92. The molecule has 4 aromatic rings. The molecule has 1 aliphatic heterocycles. The maximum Gasteiger partial charge on any atom is 0.291 e. The quantitative estimate of drug-likeness (QED) is 0.481. The van der Waals surface area contributed by atoms with Gasteiger partial charge in [0.05, 0.1) is 29.8 Å². The number of carbonyl (C=O) groups is 1. The molecule has 3 heterocycles. The number of halogens is 2. The fourth-order valence-corrected chi connectivity index (χ4v) is 3.89. The Morgan fingerprint density at radius 2 is 1.86 bits per heavy atom. The van der Waals surface area contributed by atoms with E-state index in [9.17, 15) is 14.0 Å². The van der Waals surface area contributed by atoms with Crippen LogP contribution in [0.3, 0.4) is 0 Å². The van der Waals surface area contributed by atoms with Gasteiger partial charge in [-0.1, -0.05) is 23.7 Å². The van der Waals surface area contributed by atoms with Crippen molar-refractivity contribution in [1.82, 2.24) is 4.90 Å². The van der Waals surface area contributed by atoms with Gasteiger partial charge in [0.2, 0.25) is 5.76 Å². The number of furan rings is 1. The van der Waals surface area contributed by atoms with Crippen LogP contribution in [0.4, 0.5) is 4.39 Å². The van der Waals surface area contributed by atoms with Crippen LogP contribution >= 0.6 is 11.6 Å². The zero-order chi connectivity index (χ0) is 20.1. The highest BCUT2D eigenvalue weighted by Gasteiger charge is 2.43. The topological polar surface area (TPSA) is 63.7 Å². The first-order chi connectivity index (χ1) is 14.0. The van der Waals surface area contributed by atoms with E-state index in [-0.39, 0.29) is 34.3 Å². The first-order valence-electron chi connectivity index (χ1n) is 8.88. The molecule has 1 atom stereocenters. The predicted molar refractivity (Wildman–Crippen MR) is 104 cm³/mol. The molecular formula is C22H13ClFNO4. The fraction of sp³-hybridized carbons (Fsp3) is 0.0909. The molecule has 0 aliphatic carbocycles. The van der Waals surface area contributed by atoms with Crippen molar-refractivity contribution in [3.8, 4) is 0 Å². The van der Waals surface area contributed by atoms with Crippen molar-refractivity contribution >= 4 is 28.5 Å². The molecule has 29 heavy (non-hydrogen) atoms. The molecule has 2 aromatic carbocycles. The van der Waals surface area contributed by atoms with Crippen LogP contribution in [-0.2, 0) is 6.54 Å². The standard InChI is InChI=1S/C22H13ClFNO4/c23-13-5-8-17-16(10-13)20(26)18-19(12-3-6-14(24)7-4-12)25(22(27)21(18)29-17)11-15-2-1-9-28-15/h1-10,19H,11H2/t19-/m0/s1. The van der Waals surface area contributed by atoms with E-state index in [0.29, 0.717) is 16.3 Å². The molecule has 0 bridgehead atoms. The Hall–Kier alpha value is -3.38. The SMILES string of the molecule is O=C1c2oc3ccc(Cl)cc3c(=O)c2[C@H](c2ccc(F)cc2)N1Cc1ccco1. The van der Waals surface area contributed by atoms with Crippen LogP contribution in [0.1, 0.15) is 33.5 Å². The molecule has 5 rings (SSSR count). The van der Waals surface area contributed by atoms with E-state index in [1.54, 1.807) is 36.4 Å². The van der Waals surface area contributed by atoms with Crippen molar-refractivity contribution in [2.24, 2.45) is 0 Å². The summed E-state index contributed by atoms with van der Waals surface area (Å²) in [5, 5.41) is 0.677. The second kappa shape index (κ2) is 6.60. The van der Waals surface area contributed by atoms with E-state index in [1.165, 1.54) is 29.4 Å². The van der Waals surface area contributed by atoms with Gasteiger partial charge in [-0.05, 0) is 48.0 Å². The Balaban J connectivity index is 1.75. The molecule has 0 saturated heterocycles. The van der Waals surface area contributed by atoms with E-state index in [0.717, 1.165) is 0 Å². The molecule has 0 fully saturated rings. The second-order valence-corrected chi connectivity index (χ2v) is 7.22. The second-order valence-electron chi connectivity index (χ2n) is 6.78. The molecule has 1 amide bonds. The lowest BCUT2D eigenvalue weighted by molar-refractivity contribution is 0.0701. The molecule has 0 N–H and O–H groups in total. The molecule has 2 aromatic heterocycles. The Bertz CT molecular complexity index is 1300. The Kier molecular flexibility index (Phi) is 4.03. The minimum Gasteiger partial charge on any atom is -0.467 e. The largest absolute Gasteiger partial charge is 0.467 e. The average Bonchev–Trinajstić information content (AvgIpc) is 3.32. The van der Waals surface area contributed by atoms with Crippen molar-refractivity contribution < 1.29 is 18.0 Å². The molecule has 0 saturated carbocycles. The van der Waals surface area contributed by atoms with Gasteiger partial charge in [0.15, 0.2) is 5.43 Å². The van der Waals surface area contributed by atoms with Crippen molar-refractivity contribution in [3.05, 3.63) is 105 Å². The van der Waals surface area contributed by atoms with Gasteiger partial charge in [-0.2, -0.15) is 0 Å². The third-order valence-electron chi connectivity index (χ3n) is 5.02. The smallest absolute Gasteiger partial charge is 0.291 e. The molecule has 0 spiro atoms. The van der Waals surface area contributed by atoms with Crippen LogP contribution in [0.15, 0.2) is 74.5 Å². The summed E-state index contributed by atoms with van der Waals surface area (Å²) in [5.74, 6) is -0.308.